The number of aromatic nitrogens is 1. The number of halogens is 2. The molecule has 4 nitrogen and oxygen atoms in total. The second kappa shape index (κ2) is 9.82. The Balaban J connectivity index is 0.00000144. The molecule has 0 saturated carbocycles. The van der Waals surface area contributed by atoms with Crippen molar-refractivity contribution < 1.29 is 4.79 Å². The number of rotatable bonds is 4. The molecule has 1 fully saturated rings. The molecule has 0 spiro atoms. The summed E-state index contributed by atoms with van der Waals surface area (Å²) in [5, 5.41) is 5.42. The van der Waals surface area contributed by atoms with Crippen LogP contribution in [0.25, 0.3) is 10.8 Å². The number of nitrogens with one attached hydrogen (secondary N) is 1. The van der Waals surface area contributed by atoms with Gasteiger partial charge in [0.25, 0.3) is 5.91 Å². The molecule has 1 aromatic carbocycles. The first-order chi connectivity index (χ1) is 10.8. The van der Waals surface area contributed by atoms with Gasteiger partial charge in [-0.15, -0.1) is 24.8 Å². The highest BCUT2D eigenvalue weighted by atomic mass is 35.5. The Morgan fingerprint density at radius 1 is 1.21 bits per heavy atom. The van der Waals surface area contributed by atoms with Crippen LogP contribution < -0.4 is 5.32 Å². The van der Waals surface area contributed by atoms with Crippen LogP contribution >= 0.6 is 24.8 Å². The zero-order valence-electron chi connectivity index (χ0n) is 13.9. The van der Waals surface area contributed by atoms with Crippen LogP contribution in [0.4, 0.5) is 0 Å². The van der Waals surface area contributed by atoms with Gasteiger partial charge in [-0.05, 0) is 43.3 Å². The average molecular weight is 370 g/mol. The maximum atomic E-state index is 12.8. The molecule has 2 heterocycles. The highest BCUT2D eigenvalue weighted by molar-refractivity contribution is 6.05. The van der Waals surface area contributed by atoms with Crippen molar-refractivity contribution in [3.8, 4) is 0 Å². The van der Waals surface area contributed by atoms with Crippen molar-refractivity contribution >= 4 is 41.5 Å². The van der Waals surface area contributed by atoms with Gasteiger partial charge in [0.05, 0.1) is 0 Å². The van der Waals surface area contributed by atoms with E-state index in [1.165, 1.54) is 0 Å². The van der Waals surface area contributed by atoms with Crippen molar-refractivity contribution in [1.82, 2.24) is 15.2 Å². The van der Waals surface area contributed by atoms with Gasteiger partial charge in [-0.3, -0.25) is 9.78 Å². The number of hydrogen-bond acceptors (Lipinski definition) is 3. The van der Waals surface area contributed by atoms with E-state index in [0.717, 1.165) is 49.8 Å². The lowest BCUT2D eigenvalue weighted by atomic mass is 9.96. The predicted octanol–water partition coefficient (Wildman–Crippen LogP) is 3.54. The molecule has 1 aliphatic heterocycles. The number of benzene rings is 1. The number of fused-ring (bicyclic) bond motifs is 1. The van der Waals surface area contributed by atoms with E-state index in [2.05, 4.69) is 17.2 Å². The van der Waals surface area contributed by atoms with Gasteiger partial charge in [-0.1, -0.05) is 31.2 Å². The number of amides is 1. The predicted molar refractivity (Wildman–Crippen MR) is 103 cm³/mol. The fourth-order valence-corrected chi connectivity index (χ4v) is 3.13. The van der Waals surface area contributed by atoms with Crippen LogP contribution in [0.2, 0.25) is 0 Å². The molecular formula is C18H25Cl2N3O. The first kappa shape index (κ1) is 20.7. The summed E-state index contributed by atoms with van der Waals surface area (Å²) < 4.78 is 0. The fraction of sp³-hybridized carbons (Fsp3) is 0.444. The van der Waals surface area contributed by atoms with Gasteiger partial charge in [-0.2, -0.15) is 0 Å². The molecule has 1 aromatic heterocycles. The molecule has 1 saturated heterocycles. The van der Waals surface area contributed by atoms with Crippen molar-refractivity contribution in [2.45, 2.75) is 19.8 Å². The molecule has 0 unspecified atom stereocenters. The Morgan fingerprint density at radius 2 is 1.92 bits per heavy atom. The Morgan fingerprint density at radius 3 is 2.62 bits per heavy atom. The molecule has 1 aliphatic rings. The van der Waals surface area contributed by atoms with Gasteiger partial charge in [0.2, 0.25) is 0 Å². The minimum atomic E-state index is 0. The molecular weight excluding hydrogens is 345 g/mol. The van der Waals surface area contributed by atoms with E-state index in [4.69, 9.17) is 0 Å². The summed E-state index contributed by atoms with van der Waals surface area (Å²) in [6, 6.07) is 9.91. The third-order valence-electron chi connectivity index (χ3n) is 4.46. The van der Waals surface area contributed by atoms with E-state index < -0.39 is 0 Å². The van der Waals surface area contributed by atoms with E-state index in [1.807, 2.05) is 35.2 Å². The van der Waals surface area contributed by atoms with Crippen molar-refractivity contribution in [3.05, 3.63) is 42.2 Å². The standard InChI is InChI=1S/C18H23N3O.2ClH/c1-2-19-13-14-8-11-21(12-9-14)18(22)17-16-6-4-3-5-15(16)7-10-20-17;;/h3-7,10,14,19H,2,8-9,11-13H2,1H3;2*1H. The monoisotopic (exact) mass is 369 g/mol. The van der Waals surface area contributed by atoms with Crippen LogP contribution in [0.5, 0.6) is 0 Å². The van der Waals surface area contributed by atoms with E-state index in [0.29, 0.717) is 11.6 Å². The SMILES string of the molecule is CCNCC1CCN(C(=O)c2nccc3ccccc23)CC1.Cl.Cl. The van der Waals surface area contributed by atoms with Crippen LogP contribution in [0.15, 0.2) is 36.5 Å². The van der Waals surface area contributed by atoms with E-state index in [9.17, 15) is 4.79 Å². The quantitative estimate of drug-likeness (QED) is 0.896. The number of nitrogens with zero attached hydrogens (tertiary/aromatic N) is 2. The Labute approximate surface area is 155 Å². The molecule has 0 radical (unpaired) electrons. The summed E-state index contributed by atoms with van der Waals surface area (Å²) >= 11 is 0. The molecule has 1 amide bonds. The van der Waals surface area contributed by atoms with Crippen LogP contribution in [-0.4, -0.2) is 42.0 Å². The molecule has 132 valence electrons. The molecule has 0 bridgehead atoms. The zero-order valence-corrected chi connectivity index (χ0v) is 15.5. The third kappa shape index (κ3) is 4.59. The summed E-state index contributed by atoms with van der Waals surface area (Å²) in [6.45, 7) is 5.87. The minimum absolute atomic E-state index is 0. The third-order valence-corrected chi connectivity index (χ3v) is 4.46. The molecule has 0 aliphatic carbocycles. The van der Waals surface area contributed by atoms with Gasteiger partial charge in [0.1, 0.15) is 5.69 Å². The van der Waals surface area contributed by atoms with Crippen molar-refractivity contribution in [2.75, 3.05) is 26.2 Å². The number of hydrogen-bond donors (Lipinski definition) is 1. The van der Waals surface area contributed by atoms with Crippen LogP contribution in [-0.2, 0) is 0 Å². The van der Waals surface area contributed by atoms with E-state index in [-0.39, 0.29) is 30.7 Å². The van der Waals surface area contributed by atoms with Gasteiger partial charge in [0, 0.05) is 24.7 Å². The van der Waals surface area contributed by atoms with E-state index >= 15 is 0 Å². The Bertz CT molecular complexity index is 652. The normalized spacial score (nSPS) is 14.8. The largest absolute Gasteiger partial charge is 0.337 e. The molecule has 3 rings (SSSR count). The molecule has 0 atom stereocenters. The lowest BCUT2D eigenvalue weighted by Crippen LogP contribution is -2.41. The van der Waals surface area contributed by atoms with Gasteiger partial charge in [-0.25, -0.2) is 0 Å². The summed E-state index contributed by atoms with van der Waals surface area (Å²) in [4.78, 5) is 19.1. The van der Waals surface area contributed by atoms with Crippen molar-refractivity contribution in [3.63, 3.8) is 0 Å². The van der Waals surface area contributed by atoms with Crippen molar-refractivity contribution in [1.29, 1.82) is 0 Å². The topological polar surface area (TPSA) is 45.2 Å². The highest BCUT2D eigenvalue weighted by Crippen LogP contribution is 2.21. The molecule has 24 heavy (non-hydrogen) atoms. The first-order valence-corrected chi connectivity index (χ1v) is 8.13. The molecule has 1 N–H and O–H groups in total. The number of carbonyl (C=O) groups excluding carboxylic acids is 1. The molecule has 2 aromatic rings. The second-order valence-electron chi connectivity index (χ2n) is 5.92. The summed E-state index contributed by atoms with van der Waals surface area (Å²) in [5.74, 6) is 0.753. The lowest BCUT2D eigenvalue weighted by molar-refractivity contribution is 0.0686. The lowest BCUT2D eigenvalue weighted by Gasteiger charge is -2.32. The number of pyridine rings is 1. The first-order valence-electron chi connectivity index (χ1n) is 8.13. The number of carbonyl (C=O) groups is 1. The van der Waals surface area contributed by atoms with Crippen LogP contribution in [0.3, 0.4) is 0 Å². The average Bonchev–Trinajstić information content (AvgIpc) is 2.59. The van der Waals surface area contributed by atoms with Gasteiger partial charge >= 0.3 is 0 Å². The number of piperidine rings is 1. The second-order valence-corrected chi connectivity index (χ2v) is 5.92. The molecule has 6 heteroatoms. The summed E-state index contributed by atoms with van der Waals surface area (Å²) in [6.07, 6.45) is 3.88. The van der Waals surface area contributed by atoms with Gasteiger partial charge in [0.15, 0.2) is 0 Å². The smallest absolute Gasteiger partial charge is 0.273 e. The highest BCUT2D eigenvalue weighted by Gasteiger charge is 2.25. The Hall–Kier alpha value is -1.36. The maximum Gasteiger partial charge on any atom is 0.273 e. The fourth-order valence-electron chi connectivity index (χ4n) is 3.13. The summed E-state index contributed by atoms with van der Waals surface area (Å²) in [7, 11) is 0. The number of likely N-dealkylation sites (tertiary alicyclic amines) is 1. The van der Waals surface area contributed by atoms with Crippen LogP contribution in [0, 0.1) is 5.92 Å². The summed E-state index contributed by atoms with van der Waals surface area (Å²) in [5.41, 5.74) is 0.586. The van der Waals surface area contributed by atoms with Crippen molar-refractivity contribution in [2.24, 2.45) is 5.92 Å². The van der Waals surface area contributed by atoms with E-state index in [1.54, 1.807) is 6.20 Å². The maximum absolute atomic E-state index is 12.8. The zero-order chi connectivity index (χ0) is 15.4. The minimum Gasteiger partial charge on any atom is -0.337 e. The van der Waals surface area contributed by atoms with Crippen LogP contribution in [0.1, 0.15) is 30.3 Å². The van der Waals surface area contributed by atoms with Gasteiger partial charge < -0.3 is 10.2 Å². The Kier molecular flexibility index (Phi) is 8.46.